The van der Waals surface area contributed by atoms with Crippen molar-refractivity contribution in [1.82, 2.24) is 0 Å². The normalized spacial score (nSPS) is 12.4. The number of unbranched alkanes of at least 4 members (excludes halogenated alkanes) is 40. The summed E-state index contributed by atoms with van der Waals surface area (Å²) in [6, 6.07) is 0. The number of ether oxygens (including phenoxy) is 3. The molecule has 0 aromatic carbocycles. The molecular formula is C70H126O6. The van der Waals surface area contributed by atoms with Crippen LogP contribution in [0.2, 0.25) is 0 Å². The summed E-state index contributed by atoms with van der Waals surface area (Å²) in [5.41, 5.74) is 0. The third kappa shape index (κ3) is 62.0. The molecule has 0 aliphatic rings. The molecule has 6 heteroatoms. The van der Waals surface area contributed by atoms with Crippen LogP contribution in [0.3, 0.4) is 0 Å². The van der Waals surface area contributed by atoms with E-state index < -0.39 is 6.10 Å². The minimum absolute atomic E-state index is 0.0803. The van der Waals surface area contributed by atoms with Gasteiger partial charge in [-0.2, -0.15) is 0 Å². The number of carbonyl (C=O) groups is 3. The lowest BCUT2D eigenvalue weighted by atomic mass is 10.0. The molecule has 0 aromatic heterocycles. The van der Waals surface area contributed by atoms with E-state index in [9.17, 15) is 14.4 Å². The van der Waals surface area contributed by atoms with Gasteiger partial charge in [-0.25, -0.2) is 0 Å². The first kappa shape index (κ1) is 73.1. The van der Waals surface area contributed by atoms with Gasteiger partial charge in [0.2, 0.25) is 0 Å². The van der Waals surface area contributed by atoms with Gasteiger partial charge in [0.05, 0.1) is 0 Å². The topological polar surface area (TPSA) is 78.9 Å². The highest BCUT2D eigenvalue weighted by molar-refractivity contribution is 5.71. The van der Waals surface area contributed by atoms with Crippen LogP contribution >= 0.6 is 0 Å². The van der Waals surface area contributed by atoms with Crippen LogP contribution in [-0.4, -0.2) is 37.2 Å². The maximum atomic E-state index is 12.9. The zero-order valence-corrected chi connectivity index (χ0v) is 50.8. The minimum atomic E-state index is -0.784. The summed E-state index contributed by atoms with van der Waals surface area (Å²) >= 11 is 0. The maximum absolute atomic E-state index is 12.9. The molecule has 0 fully saturated rings. The van der Waals surface area contributed by atoms with Gasteiger partial charge in [0, 0.05) is 19.3 Å². The molecule has 442 valence electrons. The Kier molecular flexibility index (Phi) is 62.2. The monoisotopic (exact) mass is 1060 g/mol. The second-order valence-corrected chi connectivity index (χ2v) is 22.4. The molecule has 0 radical (unpaired) electrons. The first-order chi connectivity index (χ1) is 37.5. The largest absolute Gasteiger partial charge is 0.462 e. The van der Waals surface area contributed by atoms with Gasteiger partial charge in [-0.15, -0.1) is 0 Å². The van der Waals surface area contributed by atoms with E-state index in [2.05, 4.69) is 81.5 Å². The molecule has 0 rings (SSSR count). The van der Waals surface area contributed by atoms with Crippen LogP contribution < -0.4 is 0 Å². The summed E-state index contributed by atoms with van der Waals surface area (Å²) in [4.78, 5) is 38.2. The van der Waals surface area contributed by atoms with Crippen molar-refractivity contribution in [3.63, 3.8) is 0 Å². The molecule has 0 saturated carbocycles. The van der Waals surface area contributed by atoms with E-state index in [4.69, 9.17) is 14.2 Å². The first-order valence-electron chi connectivity index (χ1n) is 33.3. The van der Waals surface area contributed by atoms with Gasteiger partial charge in [-0.1, -0.05) is 306 Å². The molecule has 0 saturated heterocycles. The van der Waals surface area contributed by atoms with Gasteiger partial charge in [0.1, 0.15) is 13.2 Å². The quantitative estimate of drug-likeness (QED) is 0.0261. The van der Waals surface area contributed by atoms with Crippen LogP contribution in [0.4, 0.5) is 0 Å². The van der Waals surface area contributed by atoms with E-state index in [0.717, 1.165) is 96.3 Å². The van der Waals surface area contributed by atoms with Gasteiger partial charge < -0.3 is 14.2 Å². The molecule has 0 heterocycles. The fraction of sp³-hybridized carbons (Fsp3) is 0.814. The summed E-state index contributed by atoms with van der Waals surface area (Å²) in [5, 5.41) is 0. The zero-order valence-electron chi connectivity index (χ0n) is 50.8. The smallest absolute Gasteiger partial charge is 0.306 e. The maximum Gasteiger partial charge on any atom is 0.306 e. The highest BCUT2D eigenvalue weighted by Crippen LogP contribution is 2.17. The zero-order chi connectivity index (χ0) is 55.0. The van der Waals surface area contributed by atoms with Crippen molar-refractivity contribution in [2.75, 3.05) is 13.2 Å². The Balaban J connectivity index is 4.11. The number of esters is 3. The molecule has 0 aromatic rings. The second-order valence-electron chi connectivity index (χ2n) is 22.4. The molecule has 0 spiro atoms. The number of allylic oxidation sites excluding steroid dienone is 10. The van der Waals surface area contributed by atoms with E-state index in [1.54, 1.807) is 0 Å². The molecule has 76 heavy (non-hydrogen) atoms. The number of carbonyl (C=O) groups excluding carboxylic acids is 3. The van der Waals surface area contributed by atoms with E-state index in [1.165, 1.54) is 212 Å². The minimum Gasteiger partial charge on any atom is -0.462 e. The molecule has 0 amide bonds. The molecule has 0 aliphatic heterocycles. The van der Waals surface area contributed by atoms with E-state index >= 15 is 0 Å². The van der Waals surface area contributed by atoms with Crippen molar-refractivity contribution in [3.8, 4) is 0 Å². The third-order valence-corrected chi connectivity index (χ3v) is 14.8. The van der Waals surface area contributed by atoms with Crippen LogP contribution in [0.1, 0.15) is 348 Å². The molecule has 0 N–H and O–H groups in total. The highest BCUT2D eigenvalue weighted by Gasteiger charge is 2.19. The SMILES string of the molecule is CC/C=C\C/C=C\C/C=C\C/C=C\CCCCCCC(=O)OC(COC(=O)CCCCCCCCCCCC)COC(=O)CCCCCCCCCCCCCCCCCCCCC/C=C\CCCCCCCCCC. The summed E-state index contributed by atoms with van der Waals surface area (Å²) in [5.74, 6) is -0.889. The predicted octanol–water partition coefficient (Wildman–Crippen LogP) is 22.7. The van der Waals surface area contributed by atoms with Crippen molar-refractivity contribution in [2.24, 2.45) is 0 Å². The van der Waals surface area contributed by atoms with E-state index in [1.807, 2.05) is 0 Å². The Bertz CT molecular complexity index is 1360. The summed E-state index contributed by atoms with van der Waals surface area (Å²) in [7, 11) is 0. The third-order valence-electron chi connectivity index (χ3n) is 14.8. The average Bonchev–Trinajstić information content (AvgIpc) is 3.42. The number of hydrogen-bond acceptors (Lipinski definition) is 6. The summed E-state index contributed by atoms with van der Waals surface area (Å²) in [6.45, 7) is 6.54. The van der Waals surface area contributed by atoms with Crippen LogP contribution in [0.15, 0.2) is 60.8 Å². The number of rotatable bonds is 61. The second kappa shape index (κ2) is 64.6. The van der Waals surface area contributed by atoms with Gasteiger partial charge in [-0.3, -0.25) is 14.4 Å². The highest BCUT2D eigenvalue weighted by atomic mass is 16.6. The molecule has 1 atom stereocenters. The summed E-state index contributed by atoms with van der Waals surface area (Å²) in [6.07, 6.45) is 82.6. The van der Waals surface area contributed by atoms with Crippen LogP contribution in [0, 0.1) is 0 Å². The summed E-state index contributed by atoms with van der Waals surface area (Å²) < 4.78 is 16.9. The lowest BCUT2D eigenvalue weighted by Crippen LogP contribution is -2.30. The van der Waals surface area contributed by atoms with Gasteiger partial charge in [0.15, 0.2) is 6.10 Å². The molecule has 0 bridgehead atoms. The Morgan fingerprint density at radius 2 is 0.513 bits per heavy atom. The first-order valence-corrected chi connectivity index (χ1v) is 33.3. The van der Waals surface area contributed by atoms with Gasteiger partial charge in [-0.05, 0) is 83.5 Å². The average molecular weight is 1060 g/mol. The fourth-order valence-electron chi connectivity index (χ4n) is 9.79. The molecule has 1 unspecified atom stereocenters. The Labute approximate surface area is 472 Å². The Morgan fingerprint density at radius 3 is 0.816 bits per heavy atom. The molecular weight excluding hydrogens is 937 g/mol. The van der Waals surface area contributed by atoms with Crippen LogP contribution in [0.5, 0.6) is 0 Å². The Morgan fingerprint density at radius 1 is 0.276 bits per heavy atom. The lowest BCUT2D eigenvalue weighted by Gasteiger charge is -2.18. The van der Waals surface area contributed by atoms with Crippen LogP contribution in [0.25, 0.3) is 0 Å². The van der Waals surface area contributed by atoms with Gasteiger partial charge in [0.25, 0.3) is 0 Å². The van der Waals surface area contributed by atoms with Crippen molar-refractivity contribution >= 4 is 17.9 Å². The predicted molar refractivity (Wildman–Crippen MR) is 330 cm³/mol. The number of hydrogen-bond donors (Lipinski definition) is 0. The molecule has 6 nitrogen and oxygen atoms in total. The molecule has 0 aliphatic carbocycles. The fourth-order valence-corrected chi connectivity index (χ4v) is 9.79. The van der Waals surface area contributed by atoms with Crippen molar-refractivity contribution in [1.29, 1.82) is 0 Å². The van der Waals surface area contributed by atoms with Crippen molar-refractivity contribution in [3.05, 3.63) is 60.8 Å². The lowest BCUT2D eigenvalue weighted by molar-refractivity contribution is -0.167. The van der Waals surface area contributed by atoms with Crippen molar-refractivity contribution < 1.29 is 28.6 Å². The van der Waals surface area contributed by atoms with Crippen molar-refractivity contribution in [2.45, 2.75) is 354 Å². The van der Waals surface area contributed by atoms with Crippen LogP contribution in [-0.2, 0) is 28.6 Å². The van der Waals surface area contributed by atoms with E-state index in [-0.39, 0.29) is 31.1 Å². The van der Waals surface area contributed by atoms with Gasteiger partial charge >= 0.3 is 17.9 Å². The van der Waals surface area contributed by atoms with E-state index in [0.29, 0.717) is 19.3 Å². The Hall–Kier alpha value is -2.89. The standard InChI is InChI=1S/C70H126O6/c1-4-7-10-13-16-19-22-24-26-28-29-30-31-32-33-34-35-36-37-38-39-40-41-43-44-46-48-51-54-57-60-63-69(72)75-66-67(65-74-68(71)62-59-56-53-50-21-18-15-12-9-6-3)76-70(73)64-61-58-55-52-49-47-45-42-27-25-23-20-17-14-11-8-5-2/h8,11,17,20,25,27-29,45,47,67H,4-7,9-10,12-16,18-19,21-24,26,30-44,46,48-66H2,1-3H3/b11-8-,20-17-,27-25-,29-28-,47-45-.